The number of aromatic carboxylic acids is 1. The fourth-order valence-electron chi connectivity index (χ4n) is 1.12. The number of carbonyl (C=O) groups is 1. The molecular formula is C9H9N3O4. The zero-order valence-corrected chi connectivity index (χ0v) is 8.43. The molecule has 84 valence electrons. The monoisotopic (exact) mass is 223 g/mol. The Kier molecular flexibility index (Phi) is 2.59. The van der Waals surface area contributed by atoms with Gasteiger partial charge in [-0.25, -0.2) is 4.79 Å². The van der Waals surface area contributed by atoms with E-state index in [1.54, 1.807) is 13.0 Å². The molecule has 0 bridgehead atoms. The van der Waals surface area contributed by atoms with Crippen LogP contribution in [-0.4, -0.2) is 21.2 Å². The highest BCUT2D eigenvalue weighted by atomic mass is 16.5. The van der Waals surface area contributed by atoms with Crippen molar-refractivity contribution in [3.8, 4) is 0 Å². The van der Waals surface area contributed by atoms with Gasteiger partial charge in [0.25, 0.3) is 6.01 Å². The Balaban J connectivity index is 1.97. The quantitative estimate of drug-likeness (QED) is 0.804. The molecule has 0 saturated carbocycles. The highest BCUT2D eigenvalue weighted by Gasteiger charge is 2.10. The van der Waals surface area contributed by atoms with Gasteiger partial charge in [-0.05, 0) is 6.92 Å². The maximum absolute atomic E-state index is 10.5. The normalized spacial score (nSPS) is 10.3. The van der Waals surface area contributed by atoms with E-state index in [0.717, 1.165) is 6.26 Å². The highest BCUT2D eigenvalue weighted by molar-refractivity contribution is 5.85. The Hall–Kier alpha value is -2.31. The summed E-state index contributed by atoms with van der Waals surface area (Å²) >= 11 is 0. The maximum atomic E-state index is 10.5. The first-order chi connectivity index (χ1) is 7.65. The van der Waals surface area contributed by atoms with Gasteiger partial charge in [0.05, 0.1) is 6.54 Å². The van der Waals surface area contributed by atoms with E-state index in [-0.39, 0.29) is 11.7 Å². The van der Waals surface area contributed by atoms with Crippen molar-refractivity contribution in [3.05, 3.63) is 29.5 Å². The Bertz CT molecular complexity index is 502. The average molecular weight is 223 g/mol. The van der Waals surface area contributed by atoms with Gasteiger partial charge in [-0.3, -0.25) is 0 Å². The molecule has 7 nitrogen and oxygen atoms in total. The van der Waals surface area contributed by atoms with Crippen LogP contribution >= 0.6 is 0 Å². The maximum Gasteiger partial charge on any atom is 0.357 e. The number of aromatic nitrogens is 2. The molecule has 0 atom stereocenters. The van der Waals surface area contributed by atoms with Crippen LogP contribution in [0, 0.1) is 6.92 Å². The van der Waals surface area contributed by atoms with Crippen LogP contribution in [0.1, 0.15) is 21.9 Å². The van der Waals surface area contributed by atoms with E-state index in [2.05, 4.69) is 15.5 Å². The lowest BCUT2D eigenvalue weighted by Crippen LogP contribution is -2.01. The van der Waals surface area contributed by atoms with Crippen LogP contribution in [0.15, 0.2) is 21.3 Å². The predicted octanol–water partition coefficient (Wildman–Crippen LogP) is 1.28. The largest absolute Gasteiger partial charge is 0.476 e. The van der Waals surface area contributed by atoms with Crippen molar-refractivity contribution < 1.29 is 18.8 Å². The molecule has 0 aliphatic heterocycles. The van der Waals surface area contributed by atoms with Crippen LogP contribution in [0.4, 0.5) is 6.01 Å². The Morgan fingerprint density at radius 3 is 3.00 bits per heavy atom. The zero-order valence-electron chi connectivity index (χ0n) is 8.43. The molecule has 0 aliphatic carbocycles. The lowest BCUT2D eigenvalue weighted by molar-refractivity contribution is 0.0690. The third-order valence-corrected chi connectivity index (χ3v) is 1.82. The highest BCUT2D eigenvalue weighted by Crippen LogP contribution is 2.09. The molecule has 0 spiro atoms. The van der Waals surface area contributed by atoms with Crippen molar-refractivity contribution in [3.63, 3.8) is 0 Å². The van der Waals surface area contributed by atoms with Gasteiger partial charge in [0.15, 0.2) is 5.69 Å². The molecule has 0 unspecified atom stereocenters. The van der Waals surface area contributed by atoms with Gasteiger partial charge < -0.3 is 19.4 Å². The smallest absolute Gasteiger partial charge is 0.357 e. The number of carboxylic acids is 1. The molecule has 0 saturated heterocycles. The number of aryl methyl sites for hydroxylation is 1. The SMILES string of the molecule is Cc1cc(CNc2nc(C(=O)O)co2)no1. The van der Waals surface area contributed by atoms with Crippen LogP contribution < -0.4 is 5.32 Å². The first kappa shape index (κ1) is 10.2. The number of anilines is 1. The van der Waals surface area contributed by atoms with Gasteiger partial charge in [-0.2, -0.15) is 4.98 Å². The molecule has 2 aromatic heterocycles. The van der Waals surface area contributed by atoms with Crippen molar-refractivity contribution in [2.75, 3.05) is 5.32 Å². The number of hydrogen-bond acceptors (Lipinski definition) is 6. The fourth-order valence-corrected chi connectivity index (χ4v) is 1.12. The molecule has 2 aromatic rings. The van der Waals surface area contributed by atoms with E-state index < -0.39 is 5.97 Å². The van der Waals surface area contributed by atoms with Gasteiger partial charge in [0, 0.05) is 6.07 Å². The van der Waals surface area contributed by atoms with Crippen LogP contribution in [0.3, 0.4) is 0 Å². The Morgan fingerprint density at radius 1 is 1.62 bits per heavy atom. The zero-order chi connectivity index (χ0) is 11.5. The number of nitrogens with one attached hydrogen (secondary N) is 1. The summed E-state index contributed by atoms with van der Waals surface area (Å²) in [5.41, 5.74) is 0.548. The standard InChI is InChI=1S/C9H9N3O4/c1-5-2-6(12-16-5)3-10-9-11-7(4-15-9)8(13)14/h2,4H,3H2,1H3,(H,10,11)(H,13,14). The van der Waals surface area contributed by atoms with Crippen molar-refractivity contribution in [1.29, 1.82) is 0 Å². The lowest BCUT2D eigenvalue weighted by Gasteiger charge is -1.95. The summed E-state index contributed by atoms with van der Waals surface area (Å²) in [6, 6.07) is 1.90. The van der Waals surface area contributed by atoms with E-state index in [4.69, 9.17) is 14.0 Å². The predicted molar refractivity (Wildman–Crippen MR) is 52.0 cm³/mol. The summed E-state index contributed by atoms with van der Waals surface area (Å²) in [6.07, 6.45) is 1.07. The summed E-state index contributed by atoms with van der Waals surface area (Å²) in [6.45, 7) is 2.14. The van der Waals surface area contributed by atoms with E-state index >= 15 is 0 Å². The minimum atomic E-state index is -1.13. The topological polar surface area (TPSA) is 101 Å². The van der Waals surface area contributed by atoms with E-state index in [1.165, 1.54) is 0 Å². The number of hydrogen-bond donors (Lipinski definition) is 2. The van der Waals surface area contributed by atoms with Crippen molar-refractivity contribution in [2.24, 2.45) is 0 Å². The molecule has 0 aliphatic rings. The second kappa shape index (κ2) is 4.05. The third kappa shape index (κ3) is 2.19. The lowest BCUT2D eigenvalue weighted by atomic mass is 10.4. The van der Waals surface area contributed by atoms with Crippen LogP contribution in [0.5, 0.6) is 0 Å². The minimum Gasteiger partial charge on any atom is -0.476 e. The Labute approximate surface area is 90.1 Å². The summed E-state index contributed by atoms with van der Waals surface area (Å²) in [5.74, 6) is -0.426. The van der Waals surface area contributed by atoms with Gasteiger partial charge in [0.1, 0.15) is 17.7 Å². The first-order valence-corrected chi connectivity index (χ1v) is 4.50. The fraction of sp³-hybridized carbons (Fsp3) is 0.222. The molecule has 16 heavy (non-hydrogen) atoms. The van der Waals surface area contributed by atoms with Crippen molar-refractivity contribution in [2.45, 2.75) is 13.5 Å². The van der Waals surface area contributed by atoms with Crippen molar-refractivity contribution >= 4 is 12.0 Å². The summed E-state index contributed by atoms with van der Waals surface area (Å²) < 4.78 is 9.75. The summed E-state index contributed by atoms with van der Waals surface area (Å²) in [5, 5.41) is 15.1. The molecule has 2 rings (SSSR count). The first-order valence-electron chi connectivity index (χ1n) is 4.50. The average Bonchev–Trinajstić information content (AvgIpc) is 2.83. The Morgan fingerprint density at radius 2 is 2.44 bits per heavy atom. The van der Waals surface area contributed by atoms with Gasteiger partial charge in [0.2, 0.25) is 0 Å². The second-order valence-electron chi connectivity index (χ2n) is 3.13. The third-order valence-electron chi connectivity index (χ3n) is 1.82. The molecule has 0 radical (unpaired) electrons. The van der Waals surface area contributed by atoms with Crippen LogP contribution in [0.25, 0.3) is 0 Å². The van der Waals surface area contributed by atoms with Gasteiger partial charge in [-0.1, -0.05) is 5.16 Å². The van der Waals surface area contributed by atoms with Crippen LogP contribution in [0.2, 0.25) is 0 Å². The van der Waals surface area contributed by atoms with Gasteiger partial charge >= 0.3 is 5.97 Å². The molecular weight excluding hydrogens is 214 g/mol. The van der Waals surface area contributed by atoms with Gasteiger partial charge in [-0.15, -0.1) is 0 Å². The number of nitrogens with zero attached hydrogens (tertiary/aromatic N) is 2. The molecule has 7 heteroatoms. The van der Waals surface area contributed by atoms with E-state index in [0.29, 0.717) is 18.0 Å². The summed E-state index contributed by atoms with van der Waals surface area (Å²) in [7, 11) is 0. The van der Waals surface area contributed by atoms with Crippen molar-refractivity contribution in [1.82, 2.24) is 10.1 Å². The molecule has 0 fully saturated rings. The minimum absolute atomic E-state index is 0.137. The summed E-state index contributed by atoms with van der Waals surface area (Å²) in [4.78, 5) is 14.2. The second-order valence-corrected chi connectivity index (χ2v) is 3.13. The van der Waals surface area contributed by atoms with E-state index in [9.17, 15) is 4.79 Å². The molecule has 0 aromatic carbocycles. The van der Waals surface area contributed by atoms with Crippen LogP contribution in [-0.2, 0) is 6.54 Å². The number of rotatable bonds is 4. The molecule has 2 N–H and O–H groups in total. The van der Waals surface area contributed by atoms with E-state index in [1.807, 2.05) is 0 Å². The molecule has 2 heterocycles. The molecule has 0 amide bonds. The number of oxazole rings is 1. The number of carboxylic acid groups (broad SMARTS) is 1.